The number of rotatable bonds is 8. The summed E-state index contributed by atoms with van der Waals surface area (Å²) < 4.78 is 0. The molecule has 0 unspecified atom stereocenters. The number of nitrogens with zero attached hydrogens (tertiary/aromatic N) is 3. The number of aromatic nitrogens is 3. The molecule has 3 aromatic rings. The first-order chi connectivity index (χ1) is 13.2. The van der Waals surface area contributed by atoms with Gasteiger partial charge in [-0.2, -0.15) is 0 Å². The summed E-state index contributed by atoms with van der Waals surface area (Å²) in [6, 6.07) is 20.0. The van der Waals surface area contributed by atoms with Gasteiger partial charge in [0.05, 0.1) is 5.75 Å². The molecular formula is C21H22N4OS. The Morgan fingerprint density at radius 1 is 1.07 bits per heavy atom. The molecule has 0 aliphatic carbocycles. The van der Waals surface area contributed by atoms with Crippen LogP contribution in [-0.2, 0) is 11.3 Å². The van der Waals surface area contributed by atoms with Gasteiger partial charge in [-0.3, -0.25) is 9.89 Å². The lowest BCUT2D eigenvalue weighted by atomic mass is 10.2. The zero-order chi connectivity index (χ0) is 18.9. The molecule has 138 valence electrons. The molecule has 0 bridgehead atoms. The molecule has 0 spiro atoms. The van der Waals surface area contributed by atoms with Gasteiger partial charge in [-0.05, 0) is 24.1 Å². The van der Waals surface area contributed by atoms with Crippen LogP contribution in [0.5, 0.6) is 0 Å². The Hall–Kier alpha value is -2.86. The number of nitrogens with one attached hydrogen (secondary N) is 1. The molecule has 0 fully saturated rings. The Morgan fingerprint density at radius 2 is 1.78 bits per heavy atom. The molecule has 3 rings (SSSR count). The topological polar surface area (TPSA) is 61.9 Å². The molecule has 27 heavy (non-hydrogen) atoms. The average molecular weight is 379 g/mol. The minimum absolute atomic E-state index is 0.0810. The first-order valence-corrected chi connectivity index (χ1v) is 9.83. The van der Waals surface area contributed by atoms with Crippen LogP contribution in [0.3, 0.4) is 0 Å². The van der Waals surface area contributed by atoms with Crippen molar-refractivity contribution in [1.29, 1.82) is 0 Å². The number of carbonyl (C=O) groups is 1. The van der Waals surface area contributed by atoms with Crippen LogP contribution in [0, 0.1) is 0 Å². The Bertz CT molecular complexity index is 877. The van der Waals surface area contributed by atoms with Gasteiger partial charge in [-0.25, -0.2) is 4.98 Å². The smallest absolute Gasteiger partial charge is 0.233 e. The minimum atomic E-state index is 0.0810. The molecule has 1 N–H and O–H groups in total. The summed E-state index contributed by atoms with van der Waals surface area (Å²) in [5.41, 5.74) is 2.22. The Morgan fingerprint density at radius 3 is 2.48 bits per heavy atom. The molecule has 0 aliphatic heterocycles. The van der Waals surface area contributed by atoms with E-state index < -0.39 is 0 Å². The number of amides is 1. The highest BCUT2D eigenvalue weighted by Gasteiger charge is 2.14. The van der Waals surface area contributed by atoms with E-state index in [-0.39, 0.29) is 5.91 Å². The van der Waals surface area contributed by atoms with Gasteiger partial charge in [-0.1, -0.05) is 78.5 Å². The number of hydrogen-bond donors (Lipinski definition) is 1. The number of H-pyrrole nitrogens is 1. The lowest BCUT2D eigenvalue weighted by Crippen LogP contribution is -2.31. The maximum atomic E-state index is 12.5. The van der Waals surface area contributed by atoms with Crippen molar-refractivity contribution < 1.29 is 4.79 Å². The summed E-state index contributed by atoms with van der Waals surface area (Å²) in [4.78, 5) is 18.7. The lowest BCUT2D eigenvalue weighted by molar-refractivity contribution is -0.128. The Balaban J connectivity index is 1.52. The number of aromatic amines is 1. The van der Waals surface area contributed by atoms with Gasteiger partial charge in [0.25, 0.3) is 0 Å². The molecule has 6 heteroatoms. The second-order valence-corrected chi connectivity index (χ2v) is 6.87. The van der Waals surface area contributed by atoms with Crippen molar-refractivity contribution in [2.24, 2.45) is 0 Å². The van der Waals surface area contributed by atoms with Crippen molar-refractivity contribution in [1.82, 2.24) is 20.1 Å². The fraction of sp³-hybridized carbons (Fsp3) is 0.190. The van der Waals surface area contributed by atoms with Crippen molar-refractivity contribution in [3.8, 4) is 0 Å². The van der Waals surface area contributed by atoms with E-state index in [9.17, 15) is 4.79 Å². The van der Waals surface area contributed by atoms with Gasteiger partial charge >= 0.3 is 0 Å². The zero-order valence-corrected chi connectivity index (χ0v) is 16.0. The monoisotopic (exact) mass is 378 g/mol. The van der Waals surface area contributed by atoms with Crippen LogP contribution in [0.1, 0.15) is 23.9 Å². The van der Waals surface area contributed by atoms with Gasteiger partial charge in [0.2, 0.25) is 11.1 Å². The molecule has 0 aliphatic rings. The van der Waals surface area contributed by atoms with Crippen LogP contribution in [0.25, 0.3) is 12.2 Å². The lowest BCUT2D eigenvalue weighted by Gasteiger charge is -2.20. The summed E-state index contributed by atoms with van der Waals surface area (Å²) in [5.74, 6) is 1.07. The third-order valence-corrected chi connectivity index (χ3v) is 4.82. The standard InChI is InChI=1S/C21H22N4OS/c1-2-25(15-18-11-7-4-8-12-18)20(26)16-27-21-22-19(23-24-21)14-13-17-9-5-3-6-10-17/h3-14H,2,15-16H2,1H3,(H,22,23,24)/b14-13+. The van der Waals surface area contributed by atoms with Crippen molar-refractivity contribution in [3.05, 3.63) is 77.6 Å². The van der Waals surface area contributed by atoms with Crippen LogP contribution in [0.4, 0.5) is 0 Å². The average Bonchev–Trinajstić information content (AvgIpc) is 3.18. The molecule has 1 amide bonds. The van der Waals surface area contributed by atoms with E-state index in [4.69, 9.17) is 0 Å². The molecule has 1 heterocycles. The van der Waals surface area contributed by atoms with E-state index in [2.05, 4.69) is 15.2 Å². The van der Waals surface area contributed by atoms with Crippen LogP contribution in [0.2, 0.25) is 0 Å². The van der Waals surface area contributed by atoms with Crippen LogP contribution in [-0.4, -0.2) is 38.3 Å². The molecule has 0 saturated carbocycles. The third kappa shape index (κ3) is 5.82. The van der Waals surface area contributed by atoms with Crippen molar-refractivity contribution in [2.45, 2.75) is 18.6 Å². The third-order valence-electron chi connectivity index (χ3n) is 3.99. The highest BCUT2D eigenvalue weighted by molar-refractivity contribution is 7.99. The SMILES string of the molecule is CCN(Cc1ccccc1)C(=O)CSc1n[nH]c(/C=C/c2ccccc2)n1. The van der Waals surface area contributed by atoms with Crippen molar-refractivity contribution in [3.63, 3.8) is 0 Å². The molecule has 0 atom stereocenters. The predicted molar refractivity (Wildman–Crippen MR) is 110 cm³/mol. The Labute approximate surface area is 163 Å². The highest BCUT2D eigenvalue weighted by Crippen LogP contribution is 2.15. The maximum Gasteiger partial charge on any atom is 0.233 e. The van der Waals surface area contributed by atoms with Crippen molar-refractivity contribution >= 4 is 29.8 Å². The maximum absolute atomic E-state index is 12.5. The summed E-state index contributed by atoms with van der Waals surface area (Å²) in [5, 5.41) is 7.64. The molecule has 0 radical (unpaired) electrons. The van der Waals surface area contributed by atoms with Gasteiger partial charge in [0.1, 0.15) is 5.82 Å². The fourth-order valence-electron chi connectivity index (χ4n) is 2.53. The first kappa shape index (κ1) is 18.9. The summed E-state index contributed by atoms with van der Waals surface area (Å²) in [6.45, 7) is 3.29. The van der Waals surface area contributed by atoms with E-state index in [0.717, 1.165) is 11.1 Å². The normalized spacial score (nSPS) is 11.0. The molecule has 5 nitrogen and oxygen atoms in total. The Kier molecular flexibility index (Phi) is 6.82. The van der Waals surface area contributed by atoms with Gasteiger partial charge < -0.3 is 4.90 Å². The largest absolute Gasteiger partial charge is 0.338 e. The zero-order valence-electron chi connectivity index (χ0n) is 15.2. The van der Waals surface area contributed by atoms with Gasteiger partial charge in [-0.15, -0.1) is 5.10 Å². The van der Waals surface area contributed by atoms with Crippen LogP contribution >= 0.6 is 11.8 Å². The van der Waals surface area contributed by atoms with Crippen LogP contribution < -0.4 is 0 Å². The second-order valence-electron chi connectivity index (χ2n) is 5.93. The molecule has 1 aromatic heterocycles. The second kappa shape index (κ2) is 9.73. The quantitative estimate of drug-likeness (QED) is 0.599. The molecule has 0 saturated heterocycles. The summed E-state index contributed by atoms with van der Waals surface area (Å²) in [7, 11) is 0. The van der Waals surface area contributed by atoms with Gasteiger partial charge in [0, 0.05) is 13.1 Å². The van der Waals surface area contributed by atoms with E-state index in [0.29, 0.717) is 29.8 Å². The van der Waals surface area contributed by atoms with Crippen molar-refractivity contribution in [2.75, 3.05) is 12.3 Å². The van der Waals surface area contributed by atoms with E-state index in [1.165, 1.54) is 11.8 Å². The summed E-state index contributed by atoms with van der Waals surface area (Å²) >= 11 is 1.35. The van der Waals surface area contributed by atoms with E-state index in [1.54, 1.807) is 0 Å². The molecular weight excluding hydrogens is 356 g/mol. The number of thioether (sulfide) groups is 1. The number of hydrogen-bond acceptors (Lipinski definition) is 4. The molecule has 2 aromatic carbocycles. The number of benzene rings is 2. The van der Waals surface area contributed by atoms with E-state index in [1.807, 2.05) is 84.6 Å². The van der Waals surface area contributed by atoms with Gasteiger partial charge in [0.15, 0.2) is 0 Å². The van der Waals surface area contributed by atoms with Crippen LogP contribution in [0.15, 0.2) is 65.8 Å². The predicted octanol–water partition coefficient (Wildman–Crippen LogP) is 4.12. The first-order valence-electron chi connectivity index (χ1n) is 8.84. The number of carbonyl (C=O) groups excluding carboxylic acids is 1. The fourth-order valence-corrected chi connectivity index (χ4v) is 3.24. The minimum Gasteiger partial charge on any atom is -0.338 e. The summed E-state index contributed by atoms with van der Waals surface area (Å²) in [6.07, 6.45) is 3.85. The highest BCUT2D eigenvalue weighted by atomic mass is 32.2. The van der Waals surface area contributed by atoms with E-state index >= 15 is 0 Å².